The minimum absolute atomic E-state index is 0.142. The highest BCUT2D eigenvalue weighted by atomic mass is 16.6. The van der Waals surface area contributed by atoms with E-state index in [1.54, 1.807) is 43.7 Å². The highest BCUT2D eigenvalue weighted by Crippen LogP contribution is 2.16. The van der Waals surface area contributed by atoms with Gasteiger partial charge in [0.05, 0.1) is 6.61 Å². The van der Waals surface area contributed by atoms with Gasteiger partial charge in [-0.2, -0.15) is 0 Å². The van der Waals surface area contributed by atoms with Crippen molar-refractivity contribution in [2.24, 2.45) is 7.05 Å². The summed E-state index contributed by atoms with van der Waals surface area (Å²) in [7, 11) is 1.76. The summed E-state index contributed by atoms with van der Waals surface area (Å²) in [6, 6.07) is 7.18. The van der Waals surface area contributed by atoms with Gasteiger partial charge in [0, 0.05) is 20.1 Å². The lowest BCUT2D eigenvalue weighted by Crippen LogP contribution is -2.39. The molecule has 3 rings (SSSR count). The number of carbonyl (C=O) groups is 1. The van der Waals surface area contributed by atoms with Crippen molar-refractivity contribution in [3.8, 4) is 5.75 Å². The largest absolute Gasteiger partial charge is 0.482 e. The first-order valence-corrected chi connectivity index (χ1v) is 10.2. The van der Waals surface area contributed by atoms with Crippen LogP contribution in [-0.2, 0) is 29.7 Å². The van der Waals surface area contributed by atoms with Crippen LogP contribution in [0.15, 0.2) is 33.9 Å². The number of ether oxygens (including phenoxy) is 2. The van der Waals surface area contributed by atoms with Gasteiger partial charge in [-0.25, -0.2) is 14.6 Å². The smallest absolute Gasteiger partial charge is 0.344 e. The molecule has 31 heavy (non-hydrogen) atoms. The number of esters is 1. The van der Waals surface area contributed by atoms with E-state index in [1.165, 1.54) is 9.13 Å². The van der Waals surface area contributed by atoms with Crippen LogP contribution in [0, 0.1) is 0 Å². The van der Waals surface area contributed by atoms with Gasteiger partial charge in [-0.1, -0.05) is 18.2 Å². The zero-order valence-electron chi connectivity index (χ0n) is 18.1. The fraction of sp³-hybridized carbons (Fsp3) is 0.364. The fourth-order valence-electron chi connectivity index (χ4n) is 3.28. The molecule has 0 aliphatic rings. The summed E-state index contributed by atoms with van der Waals surface area (Å²) in [5, 5.41) is 0. The van der Waals surface area contributed by atoms with Crippen molar-refractivity contribution in [1.82, 2.24) is 18.7 Å². The van der Waals surface area contributed by atoms with Gasteiger partial charge < -0.3 is 14.0 Å². The molecule has 0 aliphatic heterocycles. The zero-order chi connectivity index (χ0) is 22.5. The Bertz CT molecular complexity index is 1230. The van der Waals surface area contributed by atoms with Crippen LogP contribution in [-0.4, -0.2) is 37.9 Å². The zero-order valence-corrected chi connectivity index (χ0v) is 18.1. The lowest BCUT2D eigenvalue weighted by molar-refractivity contribution is -0.145. The Morgan fingerprint density at radius 2 is 1.71 bits per heavy atom. The monoisotopic (exact) mass is 426 g/mol. The highest BCUT2D eigenvalue weighted by molar-refractivity contribution is 5.76. The van der Waals surface area contributed by atoms with Crippen LogP contribution in [0.5, 0.6) is 5.75 Å². The van der Waals surface area contributed by atoms with E-state index in [-0.39, 0.29) is 17.9 Å². The maximum absolute atomic E-state index is 12.8. The Hall–Kier alpha value is -3.62. The molecule has 2 heterocycles. The molecule has 0 saturated carbocycles. The van der Waals surface area contributed by atoms with Crippen LogP contribution in [0.4, 0.5) is 0 Å². The van der Waals surface area contributed by atoms with Crippen molar-refractivity contribution >= 4 is 29.3 Å². The molecule has 1 aromatic carbocycles. The van der Waals surface area contributed by atoms with Crippen LogP contribution in [0.3, 0.4) is 0 Å². The van der Waals surface area contributed by atoms with Crippen LogP contribution in [0.2, 0.25) is 0 Å². The quantitative estimate of drug-likeness (QED) is 0.512. The number of nitrogens with zero attached hydrogens (tertiary/aromatic N) is 4. The first-order chi connectivity index (χ1) is 14.9. The third-order valence-electron chi connectivity index (χ3n) is 4.88. The summed E-state index contributed by atoms with van der Waals surface area (Å²) < 4.78 is 14.6. The number of hydrogen-bond acceptors (Lipinski definition) is 6. The van der Waals surface area contributed by atoms with Crippen molar-refractivity contribution < 1.29 is 14.3 Å². The molecule has 0 fully saturated rings. The number of carbonyl (C=O) groups excluding carboxylic acids is 1. The van der Waals surface area contributed by atoms with E-state index >= 15 is 0 Å². The number of benzene rings is 1. The van der Waals surface area contributed by atoms with Crippen LogP contribution >= 0.6 is 0 Å². The van der Waals surface area contributed by atoms with E-state index in [2.05, 4.69) is 4.98 Å². The standard InChI is InChI=1S/C22H26N4O5/c1-5-25-20-19(21(28)26(6-2)22(25)29)24(4)17(23-20)13-10-15-8-11-16(12-9-15)31-14-18(27)30-7-3/h8-13H,5-7,14H2,1-4H3/b13-10+. The summed E-state index contributed by atoms with van der Waals surface area (Å²) in [5.41, 5.74) is 0.964. The Morgan fingerprint density at radius 3 is 2.32 bits per heavy atom. The van der Waals surface area contributed by atoms with Gasteiger partial charge in [0.2, 0.25) is 0 Å². The predicted octanol–water partition coefficient (Wildman–Crippen LogP) is 2.05. The van der Waals surface area contributed by atoms with Gasteiger partial charge >= 0.3 is 11.7 Å². The Labute approximate surface area is 179 Å². The number of fused-ring (bicyclic) bond motifs is 1. The predicted molar refractivity (Wildman–Crippen MR) is 118 cm³/mol. The maximum Gasteiger partial charge on any atom is 0.344 e. The molecule has 2 aromatic heterocycles. The summed E-state index contributed by atoms with van der Waals surface area (Å²) in [4.78, 5) is 41.2. The maximum atomic E-state index is 12.8. The summed E-state index contributed by atoms with van der Waals surface area (Å²) in [6.45, 7) is 6.25. The third kappa shape index (κ3) is 4.45. The van der Waals surface area contributed by atoms with Gasteiger partial charge in [-0.15, -0.1) is 0 Å². The van der Waals surface area contributed by atoms with E-state index in [0.29, 0.717) is 42.4 Å². The second-order valence-electron chi connectivity index (χ2n) is 6.77. The second-order valence-corrected chi connectivity index (χ2v) is 6.77. The molecule has 164 valence electrons. The number of rotatable bonds is 8. The van der Waals surface area contributed by atoms with Crippen molar-refractivity contribution in [2.45, 2.75) is 33.9 Å². The fourth-order valence-corrected chi connectivity index (χ4v) is 3.28. The highest BCUT2D eigenvalue weighted by Gasteiger charge is 2.17. The van der Waals surface area contributed by atoms with Gasteiger partial charge in [0.15, 0.2) is 17.8 Å². The Morgan fingerprint density at radius 1 is 1.03 bits per heavy atom. The van der Waals surface area contributed by atoms with Gasteiger partial charge in [-0.3, -0.25) is 13.9 Å². The molecule has 0 N–H and O–H groups in total. The van der Waals surface area contributed by atoms with Crippen LogP contribution < -0.4 is 16.0 Å². The number of aryl methyl sites for hydroxylation is 2. The van der Waals surface area contributed by atoms with Gasteiger partial charge in [-0.05, 0) is 44.5 Å². The SMILES string of the molecule is CCOC(=O)COc1ccc(/C=C/c2nc3c(c(=O)n(CC)c(=O)n3CC)n2C)cc1. The molecular formula is C22H26N4O5. The third-order valence-corrected chi connectivity index (χ3v) is 4.88. The second kappa shape index (κ2) is 9.46. The lowest BCUT2D eigenvalue weighted by Gasteiger charge is -2.08. The van der Waals surface area contributed by atoms with Crippen molar-refractivity contribution in [1.29, 1.82) is 0 Å². The average Bonchev–Trinajstić information content (AvgIpc) is 3.08. The van der Waals surface area contributed by atoms with Gasteiger partial charge in [0.1, 0.15) is 11.6 Å². The van der Waals surface area contributed by atoms with E-state index in [0.717, 1.165) is 5.56 Å². The van der Waals surface area contributed by atoms with Crippen molar-refractivity contribution in [3.63, 3.8) is 0 Å². The molecule has 0 amide bonds. The Balaban J connectivity index is 1.87. The minimum Gasteiger partial charge on any atom is -0.482 e. The van der Waals surface area contributed by atoms with E-state index in [9.17, 15) is 14.4 Å². The first-order valence-electron chi connectivity index (χ1n) is 10.2. The summed E-state index contributed by atoms with van der Waals surface area (Å²) in [6.07, 6.45) is 3.64. The summed E-state index contributed by atoms with van der Waals surface area (Å²) >= 11 is 0. The average molecular weight is 426 g/mol. The first kappa shape index (κ1) is 22.1. The van der Waals surface area contributed by atoms with Crippen LogP contribution in [0.25, 0.3) is 23.3 Å². The number of aromatic nitrogens is 4. The minimum atomic E-state index is -0.416. The Kier molecular flexibility index (Phi) is 6.74. The van der Waals surface area contributed by atoms with E-state index in [1.807, 2.05) is 25.1 Å². The molecule has 0 unspecified atom stereocenters. The normalized spacial score (nSPS) is 11.4. The van der Waals surface area contributed by atoms with E-state index < -0.39 is 5.97 Å². The number of hydrogen-bond donors (Lipinski definition) is 0. The molecule has 0 bridgehead atoms. The molecule has 0 saturated heterocycles. The molecule has 0 spiro atoms. The van der Waals surface area contributed by atoms with Gasteiger partial charge in [0.25, 0.3) is 5.56 Å². The molecule has 9 heteroatoms. The molecule has 0 atom stereocenters. The number of imidazole rings is 1. The van der Waals surface area contributed by atoms with Crippen molar-refractivity contribution in [3.05, 3.63) is 56.5 Å². The molecule has 0 radical (unpaired) electrons. The molecular weight excluding hydrogens is 400 g/mol. The lowest BCUT2D eigenvalue weighted by atomic mass is 10.2. The topological polar surface area (TPSA) is 97.4 Å². The molecule has 9 nitrogen and oxygen atoms in total. The van der Waals surface area contributed by atoms with E-state index in [4.69, 9.17) is 9.47 Å². The van der Waals surface area contributed by atoms with Crippen molar-refractivity contribution in [2.75, 3.05) is 13.2 Å². The molecule has 0 aliphatic carbocycles. The van der Waals surface area contributed by atoms with Crippen LogP contribution in [0.1, 0.15) is 32.2 Å². The molecule has 3 aromatic rings. The summed E-state index contributed by atoms with van der Waals surface area (Å²) in [5.74, 6) is 0.700.